The number of pyridine rings is 1. The quantitative estimate of drug-likeness (QED) is 0.664. The second-order valence-corrected chi connectivity index (χ2v) is 6.91. The van der Waals surface area contributed by atoms with Gasteiger partial charge in [-0.1, -0.05) is 6.07 Å². The molecule has 2 aliphatic rings. The van der Waals surface area contributed by atoms with Crippen LogP contribution in [0, 0.1) is 0 Å². The van der Waals surface area contributed by atoms with E-state index in [9.17, 15) is 4.79 Å². The summed E-state index contributed by atoms with van der Waals surface area (Å²) in [5, 5.41) is 7.85. The molecule has 9 nitrogen and oxygen atoms in total. The van der Waals surface area contributed by atoms with Crippen molar-refractivity contribution in [2.24, 2.45) is 0 Å². The van der Waals surface area contributed by atoms with Crippen LogP contribution in [0.25, 0.3) is 11.4 Å². The summed E-state index contributed by atoms with van der Waals surface area (Å²) in [6, 6.07) is 8.78. The Hall–Kier alpha value is -3.88. The van der Waals surface area contributed by atoms with Crippen molar-refractivity contribution in [2.45, 2.75) is 13.0 Å². The number of nitrogens with zero attached hydrogens (tertiary/aromatic N) is 4. The highest BCUT2D eigenvalue weighted by Crippen LogP contribution is 2.40. The Morgan fingerprint density at radius 1 is 1.23 bits per heavy atom. The zero-order chi connectivity index (χ0) is 20.7. The van der Waals surface area contributed by atoms with Crippen molar-refractivity contribution in [1.29, 1.82) is 0 Å². The Labute approximate surface area is 172 Å². The largest absolute Gasteiger partial charge is 0.486 e. The number of rotatable bonds is 3. The van der Waals surface area contributed by atoms with Gasteiger partial charge in [0.2, 0.25) is 5.95 Å². The number of anilines is 1. The topological polar surface area (TPSA) is 100 Å². The number of allylic oxidation sites excluding steroid dienone is 1. The van der Waals surface area contributed by atoms with E-state index < -0.39 is 12.0 Å². The van der Waals surface area contributed by atoms with E-state index in [1.54, 1.807) is 17.1 Å². The fourth-order valence-electron chi connectivity index (χ4n) is 3.68. The average molecular weight is 405 g/mol. The van der Waals surface area contributed by atoms with E-state index in [-0.39, 0.29) is 0 Å². The van der Waals surface area contributed by atoms with E-state index >= 15 is 0 Å². The van der Waals surface area contributed by atoms with E-state index in [1.807, 2.05) is 37.3 Å². The van der Waals surface area contributed by atoms with Gasteiger partial charge in [-0.05, 0) is 36.8 Å². The first kappa shape index (κ1) is 18.2. The normalized spacial score (nSPS) is 17.2. The number of aromatic nitrogens is 4. The van der Waals surface area contributed by atoms with Crippen molar-refractivity contribution in [3.8, 4) is 22.9 Å². The number of benzene rings is 1. The smallest absolute Gasteiger partial charge is 0.338 e. The summed E-state index contributed by atoms with van der Waals surface area (Å²) in [6.45, 7) is 2.80. The summed E-state index contributed by atoms with van der Waals surface area (Å²) < 4.78 is 18.1. The number of ether oxygens (including phenoxy) is 3. The fourth-order valence-corrected chi connectivity index (χ4v) is 3.68. The Bertz CT molecular complexity index is 1160. The highest BCUT2D eigenvalue weighted by atomic mass is 16.6. The molecule has 9 heteroatoms. The maximum Gasteiger partial charge on any atom is 0.338 e. The molecule has 4 heterocycles. The molecule has 1 aromatic carbocycles. The minimum atomic E-state index is -0.539. The van der Waals surface area contributed by atoms with Crippen molar-refractivity contribution in [3.63, 3.8) is 0 Å². The minimum Gasteiger partial charge on any atom is -0.486 e. The molecule has 2 aliphatic heterocycles. The Morgan fingerprint density at radius 3 is 2.83 bits per heavy atom. The van der Waals surface area contributed by atoms with Gasteiger partial charge < -0.3 is 19.5 Å². The maximum absolute atomic E-state index is 12.7. The molecule has 5 rings (SSSR count). The molecule has 152 valence electrons. The van der Waals surface area contributed by atoms with Crippen molar-refractivity contribution >= 4 is 11.9 Å². The van der Waals surface area contributed by atoms with Crippen LogP contribution in [-0.4, -0.2) is 46.0 Å². The van der Waals surface area contributed by atoms with Crippen LogP contribution in [0.5, 0.6) is 11.5 Å². The average Bonchev–Trinajstić information content (AvgIpc) is 3.21. The van der Waals surface area contributed by atoms with Crippen molar-refractivity contribution < 1.29 is 19.0 Å². The third-order valence-corrected chi connectivity index (χ3v) is 5.06. The lowest BCUT2D eigenvalue weighted by molar-refractivity contribution is -0.136. The predicted molar refractivity (Wildman–Crippen MR) is 107 cm³/mol. The highest BCUT2D eigenvalue weighted by Gasteiger charge is 2.35. The lowest BCUT2D eigenvalue weighted by atomic mass is 9.95. The van der Waals surface area contributed by atoms with Gasteiger partial charge in [0.05, 0.1) is 12.7 Å². The fraction of sp³-hybridized carbons (Fsp3) is 0.238. The highest BCUT2D eigenvalue weighted by molar-refractivity contribution is 5.92. The van der Waals surface area contributed by atoms with Crippen LogP contribution in [-0.2, 0) is 9.53 Å². The summed E-state index contributed by atoms with van der Waals surface area (Å²) in [5.74, 6) is 1.90. The standard InChI is InChI=1S/C21H19N5O4/c1-12-17(20(27)28-2)18(13-5-6-15-16(10-13)30-9-8-29-15)26-21(23-12)24-19(25-26)14-4-3-7-22-11-14/h3-7,10-11,18H,8-9H2,1-2H3,(H,23,24,25). The molecule has 0 saturated carbocycles. The van der Waals surface area contributed by atoms with Crippen molar-refractivity contribution in [1.82, 2.24) is 19.7 Å². The number of fused-ring (bicyclic) bond motifs is 2. The zero-order valence-electron chi connectivity index (χ0n) is 16.5. The molecule has 0 radical (unpaired) electrons. The summed E-state index contributed by atoms with van der Waals surface area (Å²) in [6.07, 6.45) is 3.39. The SMILES string of the molecule is COC(=O)C1=C(C)Nc2nc(-c3cccnc3)nn2C1c1ccc2c(c1)OCCO2. The first-order valence-electron chi connectivity index (χ1n) is 9.48. The lowest BCUT2D eigenvalue weighted by Crippen LogP contribution is -2.29. The Kier molecular flexibility index (Phi) is 4.35. The lowest BCUT2D eigenvalue weighted by Gasteiger charge is -2.28. The molecular weight excluding hydrogens is 386 g/mol. The molecule has 0 spiro atoms. The molecule has 3 aromatic rings. The maximum atomic E-state index is 12.7. The summed E-state index contributed by atoms with van der Waals surface area (Å²) in [5.41, 5.74) is 2.69. The van der Waals surface area contributed by atoms with Crippen molar-refractivity contribution in [3.05, 3.63) is 59.6 Å². The van der Waals surface area contributed by atoms with E-state index in [4.69, 9.17) is 14.2 Å². The van der Waals surface area contributed by atoms with Crippen LogP contribution in [0.1, 0.15) is 18.5 Å². The number of nitrogens with one attached hydrogen (secondary N) is 1. The van der Waals surface area contributed by atoms with Gasteiger partial charge in [-0.25, -0.2) is 9.48 Å². The van der Waals surface area contributed by atoms with Gasteiger partial charge in [0.1, 0.15) is 19.3 Å². The number of carbonyl (C=O) groups excluding carboxylic acids is 1. The van der Waals surface area contributed by atoms with Gasteiger partial charge in [0.15, 0.2) is 17.3 Å². The van der Waals surface area contributed by atoms with Crippen LogP contribution in [0.3, 0.4) is 0 Å². The van der Waals surface area contributed by atoms with Gasteiger partial charge in [-0.15, -0.1) is 5.10 Å². The summed E-state index contributed by atoms with van der Waals surface area (Å²) in [7, 11) is 1.36. The molecule has 0 aliphatic carbocycles. The monoisotopic (exact) mass is 405 g/mol. The molecule has 2 aromatic heterocycles. The number of hydrogen-bond donors (Lipinski definition) is 1. The molecule has 0 fully saturated rings. The molecule has 0 bridgehead atoms. The summed E-state index contributed by atoms with van der Waals surface area (Å²) in [4.78, 5) is 21.4. The van der Waals surface area contributed by atoms with Crippen LogP contribution < -0.4 is 14.8 Å². The van der Waals surface area contributed by atoms with Crippen LogP contribution in [0.15, 0.2) is 54.0 Å². The van der Waals surface area contributed by atoms with Gasteiger partial charge in [0.25, 0.3) is 0 Å². The van der Waals surface area contributed by atoms with Crippen LogP contribution >= 0.6 is 0 Å². The second-order valence-electron chi connectivity index (χ2n) is 6.91. The molecular formula is C21H19N5O4. The molecule has 0 saturated heterocycles. The number of hydrogen-bond acceptors (Lipinski definition) is 8. The Morgan fingerprint density at radius 2 is 2.07 bits per heavy atom. The first-order valence-corrected chi connectivity index (χ1v) is 9.48. The van der Waals surface area contributed by atoms with Gasteiger partial charge in [-0.3, -0.25) is 4.98 Å². The van der Waals surface area contributed by atoms with Crippen LogP contribution in [0.4, 0.5) is 5.95 Å². The number of esters is 1. The van der Waals surface area contributed by atoms with Crippen molar-refractivity contribution in [2.75, 3.05) is 25.6 Å². The molecule has 1 unspecified atom stereocenters. The van der Waals surface area contributed by atoms with Gasteiger partial charge in [-0.2, -0.15) is 4.98 Å². The Balaban J connectivity index is 1.66. The summed E-state index contributed by atoms with van der Waals surface area (Å²) >= 11 is 0. The van der Waals surface area contributed by atoms with E-state index in [0.717, 1.165) is 11.1 Å². The second kappa shape index (κ2) is 7.18. The zero-order valence-corrected chi connectivity index (χ0v) is 16.5. The van der Waals surface area contributed by atoms with E-state index in [2.05, 4.69) is 20.4 Å². The molecule has 0 amide bonds. The third kappa shape index (κ3) is 2.95. The third-order valence-electron chi connectivity index (χ3n) is 5.06. The van der Waals surface area contributed by atoms with Gasteiger partial charge in [0, 0.05) is 23.7 Å². The van der Waals surface area contributed by atoms with Gasteiger partial charge >= 0.3 is 5.97 Å². The van der Waals surface area contributed by atoms with Crippen LogP contribution in [0.2, 0.25) is 0 Å². The molecule has 1 N–H and O–H groups in total. The molecule has 30 heavy (non-hydrogen) atoms. The predicted octanol–water partition coefficient (Wildman–Crippen LogP) is 2.57. The number of methoxy groups -OCH3 is 1. The minimum absolute atomic E-state index is 0.441. The van der Waals surface area contributed by atoms with E-state index in [1.165, 1.54) is 7.11 Å². The van der Waals surface area contributed by atoms with E-state index in [0.29, 0.717) is 47.8 Å². The number of carbonyl (C=O) groups is 1. The molecule has 1 atom stereocenters. The first-order chi connectivity index (χ1) is 14.7.